The van der Waals surface area contributed by atoms with Gasteiger partial charge in [0.05, 0.1) is 0 Å². The first-order valence-electron chi connectivity index (χ1n) is 8.25. The Morgan fingerprint density at radius 2 is 2.12 bits per heavy atom. The zero-order valence-corrected chi connectivity index (χ0v) is 15.3. The third kappa shape index (κ3) is 4.70. The zero-order chi connectivity index (χ0) is 16.8. The molecule has 0 spiro atoms. The van der Waals surface area contributed by atoms with Crippen LogP contribution in [-0.4, -0.2) is 28.5 Å². The number of thioether (sulfide) groups is 1. The molecule has 2 aromatic rings. The molecule has 1 aliphatic carbocycles. The molecule has 0 fully saturated rings. The molecule has 0 saturated heterocycles. The number of hydrogen-bond donors (Lipinski definition) is 1. The Morgan fingerprint density at radius 3 is 2.96 bits per heavy atom. The van der Waals surface area contributed by atoms with E-state index in [4.69, 9.17) is 4.74 Å². The molecule has 0 unspecified atom stereocenters. The number of anilines is 1. The highest BCUT2D eigenvalue weighted by Crippen LogP contribution is 2.26. The molecule has 0 radical (unpaired) electrons. The summed E-state index contributed by atoms with van der Waals surface area (Å²) in [5.74, 6) is 1.54. The fraction of sp³-hybridized carbons (Fsp3) is 0.471. The predicted octanol–water partition coefficient (Wildman–Crippen LogP) is 3.94. The van der Waals surface area contributed by atoms with Gasteiger partial charge in [-0.2, -0.15) is 0 Å². The molecule has 1 aromatic heterocycles. The number of hydrogen-bond acceptors (Lipinski definition) is 6. The number of benzene rings is 1. The van der Waals surface area contributed by atoms with Gasteiger partial charge < -0.3 is 4.74 Å². The van der Waals surface area contributed by atoms with Crippen LogP contribution in [0, 0.1) is 0 Å². The van der Waals surface area contributed by atoms with E-state index in [9.17, 15) is 4.79 Å². The Kier molecular flexibility index (Phi) is 6.09. The summed E-state index contributed by atoms with van der Waals surface area (Å²) in [5, 5.41) is 11.3. The van der Waals surface area contributed by atoms with Crippen molar-refractivity contribution in [2.24, 2.45) is 0 Å². The van der Waals surface area contributed by atoms with Gasteiger partial charge in [-0.1, -0.05) is 36.1 Å². The molecule has 0 aliphatic heterocycles. The molecule has 0 bridgehead atoms. The van der Waals surface area contributed by atoms with Crippen LogP contribution in [0.4, 0.5) is 5.13 Å². The summed E-state index contributed by atoms with van der Waals surface area (Å²) in [5.41, 5.74) is 2.75. The highest BCUT2D eigenvalue weighted by molar-refractivity contribution is 8.01. The van der Waals surface area contributed by atoms with Crippen LogP contribution < -0.4 is 10.1 Å². The fourth-order valence-corrected chi connectivity index (χ4v) is 4.31. The Labute approximate surface area is 150 Å². The van der Waals surface area contributed by atoms with E-state index in [1.807, 2.05) is 6.07 Å². The summed E-state index contributed by atoms with van der Waals surface area (Å²) >= 11 is 3.05. The van der Waals surface area contributed by atoms with Crippen molar-refractivity contribution < 1.29 is 9.53 Å². The maximum absolute atomic E-state index is 12.0. The SMILES string of the molecule is CCCSc1nnc(NC(=O)COc2ccc3c(c2)CCCC3)s1. The van der Waals surface area contributed by atoms with E-state index >= 15 is 0 Å². The minimum atomic E-state index is -0.212. The van der Waals surface area contributed by atoms with E-state index in [0.717, 1.165) is 35.1 Å². The van der Waals surface area contributed by atoms with Crippen molar-refractivity contribution in [1.82, 2.24) is 10.2 Å². The summed E-state index contributed by atoms with van der Waals surface area (Å²) in [6.45, 7) is 2.10. The number of amides is 1. The highest BCUT2D eigenvalue weighted by Gasteiger charge is 2.12. The highest BCUT2D eigenvalue weighted by atomic mass is 32.2. The fourth-order valence-electron chi connectivity index (χ4n) is 2.61. The predicted molar refractivity (Wildman–Crippen MR) is 98.1 cm³/mol. The van der Waals surface area contributed by atoms with Crippen LogP contribution in [0.3, 0.4) is 0 Å². The van der Waals surface area contributed by atoms with Crippen molar-refractivity contribution >= 4 is 34.1 Å². The van der Waals surface area contributed by atoms with Gasteiger partial charge in [-0.25, -0.2) is 0 Å². The van der Waals surface area contributed by atoms with Gasteiger partial charge in [0.1, 0.15) is 5.75 Å². The average Bonchev–Trinajstić information content (AvgIpc) is 3.05. The lowest BCUT2D eigenvalue weighted by molar-refractivity contribution is -0.118. The number of aromatic nitrogens is 2. The molecule has 24 heavy (non-hydrogen) atoms. The number of fused-ring (bicyclic) bond motifs is 1. The summed E-state index contributed by atoms with van der Waals surface area (Å²) in [4.78, 5) is 12.0. The van der Waals surface area contributed by atoms with Crippen molar-refractivity contribution in [3.8, 4) is 5.75 Å². The van der Waals surface area contributed by atoms with E-state index in [0.29, 0.717) is 5.13 Å². The summed E-state index contributed by atoms with van der Waals surface area (Å²) in [7, 11) is 0. The van der Waals surface area contributed by atoms with Crippen LogP contribution >= 0.6 is 23.1 Å². The molecule has 1 aromatic carbocycles. The van der Waals surface area contributed by atoms with Crippen molar-refractivity contribution in [3.63, 3.8) is 0 Å². The number of carbonyl (C=O) groups excluding carboxylic acids is 1. The van der Waals surface area contributed by atoms with E-state index in [1.54, 1.807) is 11.8 Å². The summed E-state index contributed by atoms with van der Waals surface area (Å²) in [6, 6.07) is 6.12. The molecule has 3 rings (SSSR count). The molecule has 128 valence electrons. The molecule has 5 nitrogen and oxygen atoms in total. The lowest BCUT2D eigenvalue weighted by Crippen LogP contribution is -2.20. The third-order valence-corrected chi connectivity index (χ3v) is 5.95. The number of carbonyl (C=O) groups is 1. The van der Waals surface area contributed by atoms with Gasteiger partial charge in [0.15, 0.2) is 10.9 Å². The largest absolute Gasteiger partial charge is 0.484 e. The molecule has 1 aliphatic rings. The average molecular weight is 364 g/mol. The maximum Gasteiger partial charge on any atom is 0.264 e. The van der Waals surface area contributed by atoms with Crippen LogP contribution in [0.5, 0.6) is 5.75 Å². The lowest BCUT2D eigenvalue weighted by atomic mass is 9.92. The van der Waals surface area contributed by atoms with Gasteiger partial charge in [-0.15, -0.1) is 10.2 Å². The number of nitrogens with one attached hydrogen (secondary N) is 1. The van der Waals surface area contributed by atoms with Gasteiger partial charge in [-0.3, -0.25) is 10.1 Å². The first-order chi connectivity index (χ1) is 11.7. The lowest BCUT2D eigenvalue weighted by Gasteiger charge is -2.16. The Balaban J connectivity index is 1.49. The molecule has 0 saturated carbocycles. The Bertz CT molecular complexity index is 703. The molecule has 7 heteroatoms. The Morgan fingerprint density at radius 1 is 1.29 bits per heavy atom. The van der Waals surface area contributed by atoms with Gasteiger partial charge >= 0.3 is 0 Å². The number of ether oxygens (including phenoxy) is 1. The normalized spacial score (nSPS) is 13.4. The molecule has 1 N–H and O–H groups in total. The van der Waals surface area contributed by atoms with Crippen LogP contribution in [0.25, 0.3) is 0 Å². The van der Waals surface area contributed by atoms with E-state index in [2.05, 4.69) is 34.6 Å². The monoisotopic (exact) mass is 363 g/mol. The number of rotatable bonds is 7. The minimum absolute atomic E-state index is 0.0181. The Hall–Kier alpha value is -1.60. The van der Waals surface area contributed by atoms with Gasteiger partial charge in [0.2, 0.25) is 5.13 Å². The standard InChI is InChI=1S/C17H21N3O2S2/c1-2-9-23-17-20-19-16(24-17)18-15(21)11-22-14-8-7-12-5-3-4-6-13(12)10-14/h7-8,10H,2-6,9,11H2,1H3,(H,18,19,21). The second-order valence-electron chi connectivity index (χ2n) is 5.70. The van der Waals surface area contributed by atoms with Crippen molar-refractivity contribution in [2.45, 2.75) is 43.4 Å². The van der Waals surface area contributed by atoms with Crippen molar-refractivity contribution in [1.29, 1.82) is 0 Å². The zero-order valence-electron chi connectivity index (χ0n) is 13.7. The molecular formula is C17H21N3O2S2. The first kappa shape index (κ1) is 17.2. The maximum atomic E-state index is 12.0. The second-order valence-corrected chi connectivity index (χ2v) is 8.02. The van der Waals surface area contributed by atoms with E-state index in [1.165, 1.54) is 35.3 Å². The van der Waals surface area contributed by atoms with Crippen LogP contribution in [0.15, 0.2) is 22.5 Å². The summed E-state index contributed by atoms with van der Waals surface area (Å²) < 4.78 is 6.49. The van der Waals surface area contributed by atoms with Crippen LogP contribution in [0.2, 0.25) is 0 Å². The topological polar surface area (TPSA) is 64.1 Å². The number of aryl methyl sites for hydroxylation is 2. The molecule has 0 atom stereocenters. The van der Waals surface area contributed by atoms with E-state index < -0.39 is 0 Å². The molecule has 1 heterocycles. The van der Waals surface area contributed by atoms with Crippen LogP contribution in [-0.2, 0) is 17.6 Å². The van der Waals surface area contributed by atoms with Gasteiger partial charge in [0.25, 0.3) is 5.91 Å². The third-order valence-electron chi connectivity index (χ3n) is 3.77. The van der Waals surface area contributed by atoms with Crippen LogP contribution in [0.1, 0.15) is 37.3 Å². The van der Waals surface area contributed by atoms with Crippen molar-refractivity contribution in [3.05, 3.63) is 29.3 Å². The van der Waals surface area contributed by atoms with E-state index in [-0.39, 0.29) is 12.5 Å². The molecule has 1 amide bonds. The first-order valence-corrected chi connectivity index (χ1v) is 10.1. The molecular weight excluding hydrogens is 342 g/mol. The van der Waals surface area contributed by atoms with Gasteiger partial charge in [-0.05, 0) is 55.4 Å². The quantitative estimate of drug-likeness (QED) is 0.596. The van der Waals surface area contributed by atoms with Gasteiger partial charge in [0, 0.05) is 5.75 Å². The summed E-state index contributed by atoms with van der Waals surface area (Å²) in [6.07, 6.45) is 5.82. The minimum Gasteiger partial charge on any atom is -0.484 e. The number of nitrogens with zero attached hydrogens (tertiary/aromatic N) is 2. The van der Waals surface area contributed by atoms with Crippen molar-refractivity contribution in [2.75, 3.05) is 17.7 Å². The smallest absolute Gasteiger partial charge is 0.264 e. The second kappa shape index (κ2) is 8.48.